The largest absolute Gasteiger partial charge is 0.507 e. The molecule has 4 N–H and O–H groups in total. The van der Waals surface area contributed by atoms with Gasteiger partial charge in [0.1, 0.15) is 11.5 Å². The summed E-state index contributed by atoms with van der Waals surface area (Å²) < 4.78 is 0. The summed E-state index contributed by atoms with van der Waals surface area (Å²) in [5.74, 6) is -1.71. The van der Waals surface area contributed by atoms with Gasteiger partial charge in [-0.15, -0.1) is 10.2 Å². The smallest absolute Gasteiger partial charge is 0.264 e. The van der Waals surface area contributed by atoms with Gasteiger partial charge in [-0.2, -0.15) is 0 Å². The first-order chi connectivity index (χ1) is 21.7. The molecule has 0 bridgehead atoms. The van der Waals surface area contributed by atoms with Gasteiger partial charge in [-0.3, -0.25) is 33.8 Å². The summed E-state index contributed by atoms with van der Waals surface area (Å²) >= 11 is 0. The highest BCUT2D eigenvalue weighted by atomic mass is 16.3. The molecule has 45 heavy (non-hydrogen) atoms. The molecule has 0 radical (unpaired) electrons. The fraction of sp³-hybridized carbons (Fsp3) is 0.344. The molecule has 1 aromatic heterocycles. The molecular weight excluding hydrogens is 578 g/mol. The molecule has 1 atom stereocenters. The van der Waals surface area contributed by atoms with Crippen molar-refractivity contribution in [2.45, 2.75) is 38.1 Å². The molecule has 13 heteroatoms. The highest BCUT2D eigenvalue weighted by Gasteiger charge is 2.45. The lowest BCUT2D eigenvalue weighted by Crippen LogP contribution is -2.47. The molecule has 0 spiro atoms. The van der Waals surface area contributed by atoms with Gasteiger partial charge in [0.2, 0.25) is 5.91 Å². The van der Waals surface area contributed by atoms with E-state index in [4.69, 9.17) is 5.73 Å². The van der Waals surface area contributed by atoms with Crippen LogP contribution in [0.2, 0.25) is 0 Å². The van der Waals surface area contributed by atoms with Crippen LogP contribution in [0.5, 0.6) is 5.75 Å². The maximum Gasteiger partial charge on any atom is 0.264 e. The molecule has 1 saturated carbocycles. The molecule has 6 rings (SSSR count). The van der Waals surface area contributed by atoms with E-state index in [1.54, 1.807) is 30.3 Å². The predicted octanol–water partition coefficient (Wildman–Crippen LogP) is 2.26. The van der Waals surface area contributed by atoms with Crippen LogP contribution in [0.4, 0.5) is 17.2 Å². The van der Waals surface area contributed by atoms with Crippen LogP contribution in [-0.2, 0) is 14.4 Å². The number of hydrogen-bond donors (Lipinski definition) is 3. The van der Waals surface area contributed by atoms with E-state index in [-0.39, 0.29) is 59.9 Å². The number of para-hydroxylation sites is 1. The third-order valence-electron chi connectivity index (χ3n) is 8.54. The number of benzene rings is 2. The summed E-state index contributed by atoms with van der Waals surface area (Å²) in [6.07, 6.45) is 0.764. The van der Waals surface area contributed by atoms with Gasteiger partial charge in [0.05, 0.1) is 40.7 Å². The summed E-state index contributed by atoms with van der Waals surface area (Å²) in [5, 5.41) is 21.3. The van der Waals surface area contributed by atoms with Crippen LogP contribution in [0.25, 0.3) is 11.3 Å². The number of nitrogens with zero attached hydrogens (tertiary/aromatic N) is 5. The fourth-order valence-corrected chi connectivity index (χ4v) is 6.18. The van der Waals surface area contributed by atoms with Crippen LogP contribution in [-0.4, -0.2) is 93.2 Å². The molecule has 1 saturated heterocycles. The van der Waals surface area contributed by atoms with E-state index in [0.29, 0.717) is 43.1 Å². The first kappa shape index (κ1) is 29.9. The Morgan fingerprint density at radius 2 is 1.71 bits per heavy atom. The van der Waals surface area contributed by atoms with Crippen LogP contribution in [0.3, 0.4) is 0 Å². The molecular formula is C32H33N7O6. The van der Waals surface area contributed by atoms with E-state index < -0.39 is 23.6 Å². The Balaban J connectivity index is 1.01. The minimum Gasteiger partial charge on any atom is -0.507 e. The Bertz CT molecular complexity index is 1700. The predicted molar refractivity (Wildman–Crippen MR) is 165 cm³/mol. The lowest BCUT2D eigenvalue weighted by atomic mass is 9.92. The van der Waals surface area contributed by atoms with Gasteiger partial charge in [-0.25, -0.2) is 0 Å². The Labute approximate surface area is 259 Å². The van der Waals surface area contributed by atoms with Crippen molar-refractivity contribution in [2.75, 3.05) is 48.7 Å². The van der Waals surface area contributed by atoms with Crippen LogP contribution in [0, 0.1) is 0 Å². The number of nitrogens with two attached hydrogens (primary N) is 1. The number of phenols is 1. The van der Waals surface area contributed by atoms with Gasteiger partial charge in [0.15, 0.2) is 11.6 Å². The fourth-order valence-electron chi connectivity index (χ4n) is 6.18. The van der Waals surface area contributed by atoms with Crippen LogP contribution < -0.4 is 16.0 Å². The Morgan fingerprint density at radius 1 is 0.956 bits per heavy atom. The number of nitrogens with one attached hydrogen (secondary N) is 1. The topological polar surface area (TPSA) is 179 Å². The monoisotopic (exact) mass is 611 g/mol. The zero-order valence-corrected chi connectivity index (χ0v) is 24.6. The van der Waals surface area contributed by atoms with Gasteiger partial charge < -0.3 is 21.1 Å². The number of anilines is 3. The van der Waals surface area contributed by atoms with E-state index in [2.05, 4.69) is 25.3 Å². The number of ketones is 2. The maximum absolute atomic E-state index is 13.3. The molecule has 1 aliphatic carbocycles. The third-order valence-corrected chi connectivity index (χ3v) is 8.54. The number of phenolic OH excluding ortho intramolecular Hbond substituents is 1. The van der Waals surface area contributed by atoms with Crippen molar-refractivity contribution in [1.29, 1.82) is 0 Å². The standard InChI is InChI=1S/C32H33N7O6/c33-30-25(18-23(35-36-30)20-5-1-2-8-26(20)41)38-15-13-37(14-16-38)12-4-9-28(43)34-22-7-3-6-21-29(22)32(45)39(31(21)44)24-11-10-19(40)17-27(24)42/h1-3,5-8,18,24,41H,4,9-17H2,(H2,33,36)(H,34,43). The minimum absolute atomic E-state index is 0.0761. The quantitative estimate of drug-likeness (QED) is 0.251. The van der Waals surface area contributed by atoms with Crippen LogP contribution in [0.15, 0.2) is 48.5 Å². The van der Waals surface area contributed by atoms with Gasteiger partial charge >= 0.3 is 0 Å². The van der Waals surface area contributed by atoms with Crippen LogP contribution in [0.1, 0.15) is 52.8 Å². The molecule has 13 nitrogen and oxygen atoms in total. The molecule has 3 aromatic rings. The highest BCUT2D eigenvalue weighted by molar-refractivity contribution is 6.26. The van der Waals surface area contributed by atoms with Gasteiger partial charge in [-0.1, -0.05) is 18.2 Å². The molecule has 3 heterocycles. The average molecular weight is 612 g/mol. The minimum atomic E-state index is -0.968. The molecule has 2 aromatic carbocycles. The number of hydrogen-bond acceptors (Lipinski definition) is 11. The second-order valence-electron chi connectivity index (χ2n) is 11.4. The van der Waals surface area contributed by atoms with Crippen molar-refractivity contribution in [3.63, 3.8) is 0 Å². The van der Waals surface area contributed by atoms with Crippen molar-refractivity contribution in [2.24, 2.45) is 0 Å². The second-order valence-corrected chi connectivity index (χ2v) is 11.4. The van der Waals surface area contributed by atoms with Crippen LogP contribution >= 0.6 is 0 Å². The lowest BCUT2D eigenvalue weighted by molar-refractivity contribution is -0.132. The molecule has 232 valence electrons. The highest BCUT2D eigenvalue weighted by Crippen LogP contribution is 2.34. The molecule has 2 aliphatic heterocycles. The maximum atomic E-state index is 13.3. The Morgan fingerprint density at radius 3 is 2.47 bits per heavy atom. The average Bonchev–Trinajstić information content (AvgIpc) is 3.28. The van der Waals surface area contributed by atoms with E-state index in [1.165, 1.54) is 6.07 Å². The van der Waals surface area contributed by atoms with E-state index in [1.807, 2.05) is 12.1 Å². The normalized spacial score (nSPS) is 18.8. The van der Waals surface area contributed by atoms with E-state index >= 15 is 0 Å². The number of carbonyl (C=O) groups excluding carboxylic acids is 5. The van der Waals surface area contributed by atoms with Crippen molar-refractivity contribution in [3.05, 3.63) is 59.7 Å². The summed E-state index contributed by atoms with van der Waals surface area (Å²) in [6, 6.07) is 12.5. The number of nitrogen functional groups attached to an aromatic ring is 1. The summed E-state index contributed by atoms with van der Waals surface area (Å²) in [4.78, 5) is 68.7. The number of piperazine rings is 1. The molecule has 3 amide bonds. The number of carbonyl (C=O) groups is 5. The van der Waals surface area contributed by atoms with Crippen molar-refractivity contribution in [1.82, 2.24) is 20.0 Å². The SMILES string of the molecule is Nc1nnc(-c2ccccc2O)cc1N1CCN(CCCC(=O)Nc2cccc3c2C(=O)N(C2CCC(=O)CC2=O)C3=O)CC1. The van der Waals surface area contributed by atoms with Gasteiger partial charge in [0.25, 0.3) is 11.8 Å². The zero-order valence-electron chi connectivity index (χ0n) is 24.6. The molecule has 1 unspecified atom stereocenters. The number of amides is 3. The zero-order chi connectivity index (χ0) is 31.7. The lowest BCUT2D eigenvalue weighted by Gasteiger charge is -2.36. The summed E-state index contributed by atoms with van der Waals surface area (Å²) in [5.41, 5.74) is 8.46. The first-order valence-corrected chi connectivity index (χ1v) is 15.0. The van der Waals surface area contributed by atoms with Gasteiger partial charge in [-0.05, 0) is 49.7 Å². The summed E-state index contributed by atoms with van der Waals surface area (Å²) in [7, 11) is 0. The number of fused-ring (bicyclic) bond motifs is 1. The number of rotatable bonds is 8. The van der Waals surface area contributed by atoms with Crippen molar-refractivity contribution in [3.8, 4) is 17.0 Å². The number of imide groups is 1. The van der Waals surface area contributed by atoms with Gasteiger partial charge in [0, 0.05) is 44.6 Å². The second kappa shape index (κ2) is 12.4. The Hall–Kier alpha value is -5.17. The van der Waals surface area contributed by atoms with E-state index in [9.17, 15) is 29.1 Å². The number of aromatic nitrogens is 2. The number of Topliss-reactive ketones (excluding diaryl/α,β-unsaturated/α-hetero) is 2. The van der Waals surface area contributed by atoms with Crippen molar-refractivity contribution >= 4 is 46.5 Å². The van der Waals surface area contributed by atoms with E-state index in [0.717, 1.165) is 23.7 Å². The van der Waals surface area contributed by atoms with Crippen molar-refractivity contribution < 1.29 is 29.1 Å². The summed E-state index contributed by atoms with van der Waals surface area (Å²) in [6.45, 7) is 3.58. The number of aromatic hydroxyl groups is 1. The third kappa shape index (κ3) is 5.98. The Kier molecular flexibility index (Phi) is 8.26. The molecule has 3 aliphatic rings. The molecule has 2 fully saturated rings. The first-order valence-electron chi connectivity index (χ1n) is 15.0.